The molecule has 2 atom stereocenters. The van der Waals surface area contributed by atoms with E-state index < -0.39 is 6.04 Å². The van der Waals surface area contributed by atoms with E-state index in [-0.39, 0.29) is 17.6 Å². The van der Waals surface area contributed by atoms with Crippen molar-refractivity contribution in [2.45, 2.75) is 45.1 Å². The van der Waals surface area contributed by atoms with Crippen LogP contribution >= 0.6 is 11.6 Å². The van der Waals surface area contributed by atoms with Gasteiger partial charge in [-0.15, -0.1) is 0 Å². The number of carbonyl (C=O) groups is 2. The van der Waals surface area contributed by atoms with Crippen LogP contribution in [0.5, 0.6) is 0 Å². The van der Waals surface area contributed by atoms with Gasteiger partial charge >= 0.3 is 0 Å². The summed E-state index contributed by atoms with van der Waals surface area (Å²) >= 11 is 6.52. The Morgan fingerprint density at radius 2 is 1.71 bits per heavy atom. The van der Waals surface area contributed by atoms with E-state index in [9.17, 15) is 9.59 Å². The Bertz CT molecular complexity index is 1300. The minimum absolute atomic E-state index is 0.0189. The molecule has 0 saturated heterocycles. The number of anilines is 2. The fourth-order valence-corrected chi connectivity index (χ4v) is 5.42. The van der Waals surface area contributed by atoms with Crippen molar-refractivity contribution in [1.82, 2.24) is 0 Å². The van der Waals surface area contributed by atoms with Gasteiger partial charge < -0.3 is 5.32 Å². The molecule has 0 spiro atoms. The average Bonchev–Trinajstić information content (AvgIpc) is 2.99. The summed E-state index contributed by atoms with van der Waals surface area (Å²) in [5, 5.41) is 4.23. The maximum atomic E-state index is 13.9. The quantitative estimate of drug-likeness (QED) is 0.450. The van der Waals surface area contributed by atoms with Gasteiger partial charge in [0.25, 0.3) is 0 Å². The van der Waals surface area contributed by atoms with Crippen molar-refractivity contribution >= 4 is 34.7 Å². The zero-order valence-electron chi connectivity index (χ0n) is 19.3. The monoisotopic (exact) mass is 470 g/mol. The summed E-state index contributed by atoms with van der Waals surface area (Å²) in [6.45, 7) is 3.90. The molecule has 5 heteroatoms. The summed E-state index contributed by atoms with van der Waals surface area (Å²) in [5.74, 6) is 0.00672. The third-order valence-electron chi connectivity index (χ3n) is 6.80. The average molecular weight is 471 g/mol. The van der Waals surface area contributed by atoms with E-state index >= 15 is 0 Å². The van der Waals surface area contributed by atoms with E-state index in [0.717, 1.165) is 33.8 Å². The molecule has 1 aliphatic heterocycles. The first-order valence-electron chi connectivity index (χ1n) is 11.7. The second kappa shape index (κ2) is 9.11. The molecule has 0 bridgehead atoms. The molecule has 0 fully saturated rings. The van der Waals surface area contributed by atoms with Gasteiger partial charge in [-0.3, -0.25) is 14.5 Å². The number of Topliss-reactive ketones (excluding diaryl/α,β-unsaturated/α-hetero) is 1. The molecule has 34 heavy (non-hydrogen) atoms. The van der Waals surface area contributed by atoms with Crippen LogP contribution in [0.3, 0.4) is 0 Å². The smallest absolute Gasteiger partial charge is 0.227 e. The van der Waals surface area contributed by atoms with Gasteiger partial charge in [-0.1, -0.05) is 78.7 Å². The minimum Gasteiger partial charge on any atom is -0.357 e. The van der Waals surface area contributed by atoms with Crippen LogP contribution in [0, 0.1) is 6.92 Å². The number of hydrogen-bond donors (Lipinski definition) is 1. The van der Waals surface area contributed by atoms with Crippen LogP contribution < -0.4 is 10.2 Å². The highest BCUT2D eigenvalue weighted by Gasteiger charge is 2.41. The predicted octanol–water partition coefficient (Wildman–Crippen LogP) is 6.96. The van der Waals surface area contributed by atoms with E-state index in [1.807, 2.05) is 91.5 Å². The SMILES string of the molecule is CCC(=O)N1c2ccccc2NC2=C(C(=O)C[C@H](c3ccccc3Cl)C2)[C@@H]1c1ccc(C)cc1. The summed E-state index contributed by atoms with van der Waals surface area (Å²) in [6.07, 6.45) is 1.35. The lowest BCUT2D eigenvalue weighted by Gasteiger charge is -2.35. The molecular formula is C29H27ClN2O2. The molecular weight excluding hydrogens is 444 g/mol. The largest absolute Gasteiger partial charge is 0.357 e. The number of amides is 1. The highest BCUT2D eigenvalue weighted by Crippen LogP contribution is 2.48. The van der Waals surface area contributed by atoms with Gasteiger partial charge in [-0.25, -0.2) is 0 Å². The normalized spacial score (nSPS) is 19.7. The zero-order chi connectivity index (χ0) is 23.8. The second-order valence-electron chi connectivity index (χ2n) is 9.01. The molecule has 172 valence electrons. The van der Waals surface area contributed by atoms with E-state index in [1.54, 1.807) is 0 Å². The third kappa shape index (κ3) is 3.92. The van der Waals surface area contributed by atoms with Crippen molar-refractivity contribution < 1.29 is 9.59 Å². The maximum absolute atomic E-state index is 13.9. The molecule has 5 rings (SSSR count). The Labute approximate surface area is 205 Å². The van der Waals surface area contributed by atoms with Gasteiger partial charge in [0.15, 0.2) is 5.78 Å². The van der Waals surface area contributed by atoms with Crippen LogP contribution in [0.15, 0.2) is 84.1 Å². The molecule has 0 radical (unpaired) electrons. The number of nitrogens with one attached hydrogen (secondary N) is 1. The van der Waals surface area contributed by atoms with Crippen molar-refractivity contribution in [3.05, 3.63) is 106 Å². The molecule has 0 aromatic heterocycles. The van der Waals surface area contributed by atoms with E-state index in [0.29, 0.717) is 29.9 Å². The van der Waals surface area contributed by atoms with Gasteiger partial charge in [0.2, 0.25) is 5.91 Å². The number of halogens is 1. The van der Waals surface area contributed by atoms with Crippen molar-refractivity contribution in [3.63, 3.8) is 0 Å². The molecule has 1 heterocycles. The zero-order valence-corrected chi connectivity index (χ0v) is 20.1. The summed E-state index contributed by atoms with van der Waals surface area (Å²) in [4.78, 5) is 29.1. The predicted molar refractivity (Wildman–Crippen MR) is 137 cm³/mol. The number of allylic oxidation sites excluding steroid dienone is 1. The number of ketones is 1. The molecule has 1 aliphatic carbocycles. The molecule has 3 aromatic rings. The molecule has 1 N–H and O–H groups in total. The van der Waals surface area contributed by atoms with Crippen LogP contribution in [0.4, 0.5) is 11.4 Å². The van der Waals surface area contributed by atoms with Gasteiger partial charge in [-0.2, -0.15) is 0 Å². The number of para-hydroxylation sites is 2. The molecule has 0 unspecified atom stereocenters. The highest BCUT2D eigenvalue weighted by atomic mass is 35.5. The topological polar surface area (TPSA) is 49.4 Å². The fraction of sp³-hybridized carbons (Fsp3) is 0.241. The molecule has 3 aromatic carbocycles. The van der Waals surface area contributed by atoms with Gasteiger partial charge in [0.05, 0.1) is 17.4 Å². The lowest BCUT2D eigenvalue weighted by atomic mass is 9.78. The number of carbonyl (C=O) groups excluding carboxylic acids is 2. The Morgan fingerprint density at radius 1 is 1.00 bits per heavy atom. The number of benzene rings is 3. The van der Waals surface area contributed by atoms with Crippen molar-refractivity contribution in [2.75, 3.05) is 10.2 Å². The van der Waals surface area contributed by atoms with E-state index in [4.69, 9.17) is 11.6 Å². The minimum atomic E-state index is -0.487. The van der Waals surface area contributed by atoms with Crippen LogP contribution in [-0.4, -0.2) is 11.7 Å². The maximum Gasteiger partial charge on any atom is 0.227 e. The summed E-state index contributed by atoms with van der Waals surface area (Å²) < 4.78 is 0. The number of aryl methyl sites for hydroxylation is 1. The highest BCUT2D eigenvalue weighted by molar-refractivity contribution is 6.31. The van der Waals surface area contributed by atoms with Gasteiger partial charge in [-0.05, 0) is 48.6 Å². The van der Waals surface area contributed by atoms with E-state index in [2.05, 4.69) is 5.32 Å². The molecule has 0 saturated carbocycles. The Kier molecular flexibility index (Phi) is 6.01. The fourth-order valence-electron chi connectivity index (χ4n) is 5.13. The van der Waals surface area contributed by atoms with Crippen LogP contribution in [0.1, 0.15) is 54.8 Å². The van der Waals surface area contributed by atoms with Crippen molar-refractivity contribution in [3.8, 4) is 0 Å². The standard InChI is InChI=1S/C29H27ClN2O2/c1-3-27(34)32-25-11-7-6-10-23(25)31-24-16-20(21-8-4-5-9-22(21)30)17-26(33)28(24)29(32)19-14-12-18(2)13-15-19/h4-15,20,29,31H,3,16-17H2,1-2H3/t20-,29+/m1/s1. The Morgan fingerprint density at radius 3 is 2.44 bits per heavy atom. The van der Waals surface area contributed by atoms with Crippen molar-refractivity contribution in [1.29, 1.82) is 0 Å². The molecule has 1 amide bonds. The molecule has 2 aliphatic rings. The lowest BCUT2D eigenvalue weighted by Crippen LogP contribution is -2.38. The second-order valence-corrected chi connectivity index (χ2v) is 9.42. The summed E-state index contributed by atoms with van der Waals surface area (Å²) in [5.41, 5.74) is 6.21. The summed E-state index contributed by atoms with van der Waals surface area (Å²) in [7, 11) is 0. The third-order valence-corrected chi connectivity index (χ3v) is 7.14. The first-order valence-corrected chi connectivity index (χ1v) is 12.1. The van der Waals surface area contributed by atoms with E-state index in [1.165, 1.54) is 0 Å². The first kappa shape index (κ1) is 22.4. The van der Waals surface area contributed by atoms with Gasteiger partial charge in [0, 0.05) is 29.1 Å². The van der Waals surface area contributed by atoms with Crippen LogP contribution in [-0.2, 0) is 9.59 Å². The van der Waals surface area contributed by atoms with Crippen LogP contribution in [0.25, 0.3) is 0 Å². The summed E-state index contributed by atoms with van der Waals surface area (Å²) in [6, 6.07) is 23.2. The van der Waals surface area contributed by atoms with Crippen molar-refractivity contribution in [2.24, 2.45) is 0 Å². The number of hydrogen-bond acceptors (Lipinski definition) is 3. The number of fused-ring (bicyclic) bond motifs is 1. The van der Waals surface area contributed by atoms with Gasteiger partial charge in [0.1, 0.15) is 0 Å². The first-order chi connectivity index (χ1) is 16.5. The Balaban J connectivity index is 1.71. The van der Waals surface area contributed by atoms with Crippen LogP contribution in [0.2, 0.25) is 5.02 Å². The number of rotatable bonds is 3. The molecule has 4 nitrogen and oxygen atoms in total. The lowest BCUT2D eigenvalue weighted by molar-refractivity contribution is -0.119. The Hall–Kier alpha value is -3.37. The number of nitrogens with zero attached hydrogens (tertiary/aromatic N) is 1.